The van der Waals surface area contributed by atoms with Gasteiger partial charge in [-0.1, -0.05) is 41.9 Å². The summed E-state index contributed by atoms with van der Waals surface area (Å²) in [6, 6.07) is 15.0. The monoisotopic (exact) mass is 301 g/mol. The van der Waals surface area contributed by atoms with Crippen molar-refractivity contribution in [3.8, 4) is 0 Å². The highest BCUT2D eigenvalue weighted by Gasteiger charge is 2.20. The van der Waals surface area contributed by atoms with Crippen molar-refractivity contribution in [2.45, 2.75) is 25.4 Å². The third-order valence-corrected chi connectivity index (χ3v) is 4.17. The third-order valence-electron chi connectivity index (χ3n) is 3.87. The first kappa shape index (κ1) is 14.4. The number of nitrogens with one attached hydrogen (secondary N) is 1. The van der Waals surface area contributed by atoms with Crippen molar-refractivity contribution in [1.82, 2.24) is 9.88 Å². The molecular weight excluding hydrogens is 282 g/mol. The summed E-state index contributed by atoms with van der Waals surface area (Å²) in [6.45, 7) is 3.22. The molecule has 3 rings (SSSR count). The van der Waals surface area contributed by atoms with Crippen LogP contribution in [-0.2, 0) is 6.54 Å². The van der Waals surface area contributed by atoms with Crippen molar-refractivity contribution in [3.05, 3.63) is 59.4 Å². The predicted molar refractivity (Wildman–Crippen MR) is 87.6 cm³/mol. The molecule has 0 aliphatic carbocycles. The molecule has 3 nitrogen and oxygen atoms in total. The summed E-state index contributed by atoms with van der Waals surface area (Å²) in [5.41, 5.74) is 2.31. The summed E-state index contributed by atoms with van der Waals surface area (Å²) in [6.07, 6.45) is 4.11. The molecule has 2 heterocycles. The van der Waals surface area contributed by atoms with Crippen molar-refractivity contribution in [2.75, 3.05) is 18.4 Å². The van der Waals surface area contributed by atoms with Crippen LogP contribution in [0.1, 0.15) is 18.4 Å². The van der Waals surface area contributed by atoms with Gasteiger partial charge >= 0.3 is 0 Å². The fourth-order valence-electron chi connectivity index (χ4n) is 2.87. The average Bonchev–Trinajstić information content (AvgIpc) is 2.51. The van der Waals surface area contributed by atoms with Crippen molar-refractivity contribution in [2.24, 2.45) is 0 Å². The van der Waals surface area contributed by atoms with Crippen LogP contribution in [0.4, 0.5) is 5.69 Å². The lowest BCUT2D eigenvalue weighted by atomic mass is 10.0. The molecule has 110 valence electrons. The normalized spacial score (nSPS) is 19.4. The first-order valence-electron chi connectivity index (χ1n) is 7.44. The summed E-state index contributed by atoms with van der Waals surface area (Å²) < 4.78 is 0. The lowest BCUT2D eigenvalue weighted by Crippen LogP contribution is -2.41. The maximum atomic E-state index is 6.12. The fraction of sp³-hybridized carbons (Fsp3) is 0.353. The molecule has 1 unspecified atom stereocenters. The van der Waals surface area contributed by atoms with Gasteiger partial charge in [-0.15, -0.1) is 0 Å². The number of nitrogens with zero attached hydrogens (tertiary/aromatic N) is 2. The quantitative estimate of drug-likeness (QED) is 0.870. The molecule has 1 saturated heterocycles. The van der Waals surface area contributed by atoms with E-state index in [1.807, 2.05) is 12.1 Å². The molecule has 0 radical (unpaired) electrons. The Morgan fingerprint density at radius 1 is 1.19 bits per heavy atom. The van der Waals surface area contributed by atoms with E-state index in [2.05, 4.69) is 45.5 Å². The van der Waals surface area contributed by atoms with Crippen LogP contribution in [0.15, 0.2) is 48.7 Å². The predicted octanol–water partition coefficient (Wildman–Crippen LogP) is 3.81. The molecule has 1 fully saturated rings. The number of aromatic nitrogens is 1. The van der Waals surface area contributed by atoms with Crippen LogP contribution < -0.4 is 5.32 Å². The number of halogens is 1. The Labute approximate surface area is 131 Å². The van der Waals surface area contributed by atoms with Crippen LogP contribution in [0.25, 0.3) is 0 Å². The number of anilines is 1. The standard InChI is InChI=1S/C17H20ClN3/c18-17-16(9-4-10-19-17)20-15-8-5-11-21(13-15)12-14-6-2-1-3-7-14/h1-4,6-7,9-10,15,20H,5,8,11-13H2. The Hall–Kier alpha value is -1.58. The number of hydrogen-bond donors (Lipinski definition) is 1. The summed E-state index contributed by atoms with van der Waals surface area (Å²) in [7, 11) is 0. The van der Waals surface area contributed by atoms with Gasteiger partial charge in [0.15, 0.2) is 5.15 Å². The molecule has 1 N–H and O–H groups in total. The van der Waals surface area contributed by atoms with E-state index in [1.165, 1.54) is 18.4 Å². The van der Waals surface area contributed by atoms with E-state index in [0.717, 1.165) is 25.3 Å². The maximum Gasteiger partial charge on any atom is 0.152 e. The molecular formula is C17H20ClN3. The molecule has 1 aromatic heterocycles. The second kappa shape index (κ2) is 6.92. The fourth-order valence-corrected chi connectivity index (χ4v) is 3.05. The molecule has 1 aliphatic rings. The van der Waals surface area contributed by atoms with Crippen molar-refractivity contribution in [1.29, 1.82) is 0 Å². The zero-order chi connectivity index (χ0) is 14.5. The molecule has 2 aromatic rings. The molecule has 1 aromatic carbocycles. The van der Waals surface area contributed by atoms with Crippen LogP contribution in [0.5, 0.6) is 0 Å². The van der Waals surface area contributed by atoms with Gasteiger partial charge in [-0.2, -0.15) is 0 Å². The minimum Gasteiger partial charge on any atom is -0.379 e. The Morgan fingerprint density at radius 2 is 2.05 bits per heavy atom. The van der Waals surface area contributed by atoms with Gasteiger partial charge in [-0.05, 0) is 37.1 Å². The number of benzene rings is 1. The molecule has 21 heavy (non-hydrogen) atoms. The van der Waals surface area contributed by atoms with E-state index < -0.39 is 0 Å². The first-order valence-corrected chi connectivity index (χ1v) is 7.82. The van der Waals surface area contributed by atoms with Gasteiger partial charge < -0.3 is 5.32 Å². The Morgan fingerprint density at radius 3 is 2.86 bits per heavy atom. The van der Waals surface area contributed by atoms with Crippen LogP contribution in [0.3, 0.4) is 0 Å². The van der Waals surface area contributed by atoms with Gasteiger partial charge in [-0.3, -0.25) is 4.90 Å². The Bertz CT molecular complexity index is 573. The number of pyridine rings is 1. The smallest absolute Gasteiger partial charge is 0.152 e. The van der Waals surface area contributed by atoms with Crippen LogP contribution >= 0.6 is 11.6 Å². The van der Waals surface area contributed by atoms with E-state index in [4.69, 9.17) is 11.6 Å². The summed E-state index contributed by atoms with van der Waals surface area (Å²) >= 11 is 6.12. The van der Waals surface area contributed by atoms with Gasteiger partial charge in [0.2, 0.25) is 0 Å². The summed E-state index contributed by atoms with van der Waals surface area (Å²) in [5, 5.41) is 4.08. The third kappa shape index (κ3) is 3.96. The highest BCUT2D eigenvalue weighted by atomic mass is 35.5. The van der Waals surface area contributed by atoms with E-state index in [-0.39, 0.29) is 0 Å². The van der Waals surface area contributed by atoms with Crippen molar-refractivity contribution < 1.29 is 0 Å². The lowest BCUT2D eigenvalue weighted by Gasteiger charge is -2.33. The van der Waals surface area contributed by atoms with Crippen molar-refractivity contribution in [3.63, 3.8) is 0 Å². The largest absolute Gasteiger partial charge is 0.379 e. The highest BCUT2D eigenvalue weighted by molar-refractivity contribution is 6.31. The van der Waals surface area contributed by atoms with Gasteiger partial charge in [0.1, 0.15) is 0 Å². The number of piperidine rings is 1. The molecule has 0 bridgehead atoms. The molecule has 1 aliphatic heterocycles. The van der Waals surface area contributed by atoms with Crippen LogP contribution in [0, 0.1) is 0 Å². The molecule has 0 saturated carbocycles. The highest BCUT2D eigenvalue weighted by Crippen LogP contribution is 2.22. The molecule has 0 amide bonds. The topological polar surface area (TPSA) is 28.2 Å². The van der Waals surface area contributed by atoms with Gasteiger partial charge in [0.05, 0.1) is 5.69 Å². The zero-order valence-electron chi connectivity index (χ0n) is 12.0. The second-order valence-electron chi connectivity index (χ2n) is 5.55. The van der Waals surface area contributed by atoms with Gasteiger partial charge in [0, 0.05) is 25.3 Å². The zero-order valence-corrected chi connectivity index (χ0v) is 12.8. The second-order valence-corrected chi connectivity index (χ2v) is 5.90. The molecule has 0 spiro atoms. The number of rotatable bonds is 4. The minimum absolute atomic E-state index is 0.434. The first-order chi connectivity index (χ1) is 10.3. The van der Waals surface area contributed by atoms with Crippen molar-refractivity contribution >= 4 is 17.3 Å². The Balaban J connectivity index is 1.60. The number of hydrogen-bond acceptors (Lipinski definition) is 3. The average molecular weight is 302 g/mol. The molecule has 1 atom stereocenters. The molecule has 4 heteroatoms. The lowest BCUT2D eigenvalue weighted by molar-refractivity contribution is 0.208. The van der Waals surface area contributed by atoms with Gasteiger partial charge in [-0.25, -0.2) is 4.98 Å². The van der Waals surface area contributed by atoms with Gasteiger partial charge in [0.25, 0.3) is 0 Å². The summed E-state index contributed by atoms with van der Waals surface area (Å²) in [4.78, 5) is 6.62. The van der Waals surface area contributed by atoms with E-state index in [1.54, 1.807) is 6.20 Å². The van der Waals surface area contributed by atoms with Crippen LogP contribution in [-0.4, -0.2) is 29.0 Å². The minimum atomic E-state index is 0.434. The maximum absolute atomic E-state index is 6.12. The van der Waals surface area contributed by atoms with Crippen LogP contribution in [0.2, 0.25) is 5.15 Å². The Kier molecular flexibility index (Phi) is 4.73. The van der Waals surface area contributed by atoms with E-state index in [9.17, 15) is 0 Å². The van der Waals surface area contributed by atoms with E-state index in [0.29, 0.717) is 11.2 Å². The SMILES string of the molecule is Clc1ncccc1NC1CCCN(Cc2ccccc2)C1. The number of likely N-dealkylation sites (tertiary alicyclic amines) is 1. The van der Waals surface area contributed by atoms with E-state index >= 15 is 0 Å². The summed E-state index contributed by atoms with van der Waals surface area (Å²) in [5.74, 6) is 0.